The van der Waals surface area contributed by atoms with Crippen LogP contribution in [-0.4, -0.2) is 37.7 Å². The first-order valence-corrected chi connectivity index (χ1v) is 32.8. The molecule has 0 aromatic heterocycles. The van der Waals surface area contributed by atoms with Gasteiger partial charge >= 0.3 is 103 Å². The van der Waals surface area contributed by atoms with Crippen molar-refractivity contribution in [3.8, 4) is 89.8 Å². The second-order valence-corrected chi connectivity index (χ2v) is 26.4. The van der Waals surface area contributed by atoms with Gasteiger partial charge in [-0.3, -0.25) is 0 Å². The van der Waals surface area contributed by atoms with Crippen LogP contribution < -0.4 is 27.9 Å². The molecule has 0 bridgehead atoms. The molecule has 2 aliphatic rings. The van der Waals surface area contributed by atoms with E-state index in [9.17, 15) is 124 Å². The zero-order chi connectivity index (χ0) is 76.9. The molecule has 548 valence electrons. The van der Waals surface area contributed by atoms with Crippen LogP contribution in [0.1, 0.15) is 44.5 Å². The van der Waals surface area contributed by atoms with E-state index in [4.69, 9.17) is 18.1 Å². The molecule has 12 aromatic carbocycles. The number of phosphoric ester groups is 2. The van der Waals surface area contributed by atoms with Crippen molar-refractivity contribution in [2.75, 3.05) is 0 Å². The number of hydrogen-bond acceptors (Lipinski definition) is 8. The quantitative estimate of drug-likeness (QED) is 0.0972. The van der Waals surface area contributed by atoms with Crippen LogP contribution in [0.2, 0.25) is 0 Å². The molecule has 0 aliphatic carbocycles. The molecule has 0 N–H and O–H groups in total. The molecule has 12 aromatic rings. The van der Waals surface area contributed by atoms with Gasteiger partial charge in [-0.2, -0.15) is 105 Å². The Balaban J connectivity index is 0.000000198. The van der Waals surface area contributed by atoms with Gasteiger partial charge in [-0.15, -0.1) is 0 Å². The average Bonchev–Trinajstić information content (AvgIpc) is 1.65. The van der Waals surface area contributed by atoms with Gasteiger partial charge in [0, 0.05) is 44.5 Å². The number of benzene rings is 12. The fraction of sp³-hybridized carbons (Fsp3) is 0.111. The third-order valence-corrected chi connectivity index (χ3v) is 18.5. The Morgan fingerprint density at radius 3 is 0.533 bits per heavy atom. The van der Waals surface area contributed by atoms with E-state index in [0.29, 0.717) is 48.5 Å². The third-order valence-electron chi connectivity index (χ3n) is 16.9. The first-order valence-electron chi connectivity index (χ1n) is 29.9. The summed E-state index contributed by atoms with van der Waals surface area (Å²) in [4.78, 5) is 27.2. The standard InChI is InChI=1S/2C36H17F12O4P.Ca/c2*37-33(38,39)21-9-19(10-22(15-21)34(40,41)42)27-13-17-5-1-3-7-25(17)29-30-26-8-4-2-6-18(26)14-28(32(30)52-53(49,50)51-31(27)29)20-11-23(35(43,44)45)16-24(12-20)36(46,47)48;/h2*1-16H,(H,49,50);/q;;+2/p-2. The van der Waals surface area contributed by atoms with E-state index in [1.165, 1.54) is 97.1 Å². The molecule has 0 fully saturated rings. The Morgan fingerprint density at radius 1 is 0.234 bits per heavy atom. The van der Waals surface area contributed by atoms with E-state index in [0.717, 1.165) is 24.3 Å². The molecule has 8 nitrogen and oxygen atoms in total. The topological polar surface area (TPSA) is 117 Å². The summed E-state index contributed by atoms with van der Waals surface area (Å²) in [6.45, 7) is 0. The number of alkyl halides is 24. The summed E-state index contributed by atoms with van der Waals surface area (Å²) in [5, 5.41) is 0.836. The van der Waals surface area contributed by atoms with Crippen LogP contribution >= 0.6 is 15.6 Å². The maximum Gasteiger partial charge on any atom is 2.00 e. The molecule has 0 atom stereocenters. The number of fused-ring (bicyclic) bond motifs is 14. The molecule has 14 rings (SSSR count). The fourth-order valence-corrected chi connectivity index (χ4v) is 14.2. The molecular weight excluding hydrogens is 1550 g/mol. The summed E-state index contributed by atoms with van der Waals surface area (Å²) < 4.78 is 384. The van der Waals surface area contributed by atoms with Crippen molar-refractivity contribution in [1.82, 2.24) is 0 Å². The molecule has 2 aliphatic heterocycles. The molecule has 107 heavy (non-hydrogen) atoms. The minimum absolute atomic E-state index is 0. The van der Waals surface area contributed by atoms with Gasteiger partial charge in [0.05, 0.1) is 44.5 Å². The molecule has 0 spiro atoms. The second kappa shape index (κ2) is 26.6. The SMILES string of the molecule is O=P1([O-])Oc2c(-c3cc(C(F)(F)F)cc(C(F)(F)F)c3)cc3ccccc3c2-c2c(c(-c3cc(C(F)(F)F)cc(C(F)(F)F)c3)cc3ccccc23)O1.O=P1([O-])Oc2c(-c3cc(C(F)(F)F)cc(C(F)(F)F)c3)cc3ccccc3c2-c2c(c(-c3cc(C(F)(F)F)cc(C(F)(F)F)c3)cc3ccccc23)O1.[Ca+2]. The van der Waals surface area contributed by atoms with Gasteiger partial charge in [0.1, 0.15) is 23.0 Å². The van der Waals surface area contributed by atoms with Gasteiger partial charge in [0.2, 0.25) is 0 Å². The summed E-state index contributed by atoms with van der Waals surface area (Å²) >= 11 is 0. The predicted molar refractivity (Wildman–Crippen MR) is 339 cm³/mol. The van der Waals surface area contributed by atoms with Crippen molar-refractivity contribution < 1.29 is 142 Å². The van der Waals surface area contributed by atoms with E-state index < -0.39 is 177 Å². The normalized spacial score (nSPS) is 14.5. The first-order chi connectivity index (χ1) is 49.0. The van der Waals surface area contributed by atoms with Crippen molar-refractivity contribution in [1.29, 1.82) is 0 Å². The predicted octanol–water partition coefficient (Wildman–Crippen LogP) is 24.2. The smallest absolute Gasteiger partial charge is 0.736 e. The number of rotatable bonds is 4. The van der Waals surface area contributed by atoms with Crippen LogP contribution in [0.3, 0.4) is 0 Å². The number of hydrogen-bond donors (Lipinski definition) is 0. The van der Waals surface area contributed by atoms with Crippen molar-refractivity contribution in [2.24, 2.45) is 0 Å². The molecule has 0 saturated heterocycles. The van der Waals surface area contributed by atoms with Gasteiger partial charge in [-0.1, -0.05) is 97.1 Å². The van der Waals surface area contributed by atoms with E-state index in [1.807, 2.05) is 0 Å². The Labute approximate surface area is 613 Å². The maximum atomic E-state index is 14.0. The van der Waals surface area contributed by atoms with Crippen LogP contribution in [0.25, 0.3) is 110 Å². The first kappa shape index (κ1) is 77.5. The van der Waals surface area contributed by atoms with Crippen molar-refractivity contribution in [3.05, 3.63) is 239 Å². The summed E-state index contributed by atoms with van der Waals surface area (Å²) in [6.07, 6.45) is -42.4. The van der Waals surface area contributed by atoms with Crippen molar-refractivity contribution in [2.45, 2.75) is 49.4 Å². The molecule has 0 unspecified atom stereocenters. The Morgan fingerprint density at radius 2 is 0.383 bits per heavy atom. The second-order valence-electron chi connectivity index (χ2n) is 23.8. The van der Waals surface area contributed by atoms with Crippen LogP contribution in [0.5, 0.6) is 23.0 Å². The number of phosphoric acid groups is 2. The fourth-order valence-electron chi connectivity index (χ4n) is 12.5. The van der Waals surface area contributed by atoms with E-state index in [-0.39, 0.29) is 127 Å². The van der Waals surface area contributed by atoms with Crippen LogP contribution in [-0.2, 0) is 58.5 Å². The Kier molecular flexibility index (Phi) is 19.3. The maximum absolute atomic E-state index is 14.0. The summed E-state index contributed by atoms with van der Waals surface area (Å²) in [5.74, 6) is -3.24. The zero-order valence-electron chi connectivity index (χ0n) is 52.4. The Bertz CT molecular complexity index is 4920. The van der Waals surface area contributed by atoms with Crippen LogP contribution in [0.4, 0.5) is 105 Å². The molecular formula is C72H32CaF24O8P2. The minimum Gasteiger partial charge on any atom is -0.736 e. The molecule has 0 amide bonds. The molecule has 35 heteroatoms. The monoisotopic (exact) mass is 1580 g/mol. The molecule has 2 heterocycles. The van der Waals surface area contributed by atoms with Gasteiger partial charge in [-0.25, -0.2) is 9.13 Å². The largest absolute Gasteiger partial charge is 2.00 e. The zero-order valence-corrected chi connectivity index (χ0v) is 56.4. The van der Waals surface area contributed by atoms with Crippen molar-refractivity contribution >= 4 is 96.5 Å². The molecule has 0 radical (unpaired) electrons. The van der Waals surface area contributed by atoms with Crippen LogP contribution in [0, 0.1) is 0 Å². The van der Waals surface area contributed by atoms with Gasteiger partial charge in [-0.05, 0) is 162 Å². The van der Waals surface area contributed by atoms with Gasteiger partial charge < -0.3 is 27.9 Å². The molecule has 0 saturated carbocycles. The van der Waals surface area contributed by atoms with Crippen molar-refractivity contribution in [3.63, 3.8) is 0 Å². The number of halogens is 24. The summed E-state index contributed by atoms with van der Waals surface area (Å²) in [7, 11) is -11.7. The van der Waals surface area contributed by atoms with E-state index in [2.05, 4.69) is 0 Å². The van der Waals surface area contributed by atoms with E-state index in [1.54, 1.807) is 0 Å². The minimum atomic E-state index is -5.86. The van der Waals surface area contributed by atoms with Gasteiger partial charge in [0.25, 0.3) is 0 Å². The summed E-state index contributed by atoms with van der Waals surface area (Å²) in [5.41, 5.74) is -20.6. The Hall–Kier alpha value is -9.16. The summed E-state index contributed by atoms with van der Waals surface area (Å²) in [6, 6.07) is 29.4. The van der Waals surface area contributed by atoms with Gasteiger partial charge in [0.15, 0.2) is 0 Å². The average molecular weight is 1580 g/mol. The van der Waals surface area contributed by atoms with Crippen LogP contribution in [0.15, 0.2) is 194 Å². The van der Waals surface area contributed by atoms with E-state index >= 15 is 0 Å². The third kappa shape index (κ3) is 15.3.